The van der Waals surface area contributed by atoms with Crippen molar-refractivity contribution >= 4 is 70.3 Å². The van der Waals surface area contributed by atoms with Gasteiger partial charge >= 0.3 is 33.3 Å². The zero-order valence-corrected chi connectivity index (χ0v) is 21.6. The van der Waals surface area contributed by atoms with Crippen LogP contribution in [0.5, 0.6) is 0 Å². The molecule has 0 aliphatic heterocycles. The second kappa shape index (κ2) is 9.94. The van der Waals surface area contributed by atoms with Crippen molar-refractivity contribution in [3.05, 3.63) is 22.3 Å². The number of carbonyl (C=O) groups excluding carboxylic acids is 2. The summed E-state index contributed by atoms with van der Waals surface area (Å²) in [6.45, 7) is -1.87. The number of esters is 2. The molecule has 8 radical (unpaired) electrons. The summed E-state index contributed by atoms with van der Waals surface area (Å²) in [6, 6.07) is 0. The van der Waals surface area contributed by atoms with Gasteiger partial charge in [-0.15, -0.1) is 0 Å². The summed E-state index contributed by atoms with van der Waals surface area (Å²) in [7, 11) is 17.8. The number of alkyl halides is 2. The lowest BCUT2D eigenvalue weighted by atomic mass is 9.48. The molecule has 2 unspecified atom stereocenters. The highest BCUT2D eigenvalue weighted by Gasteiger charge is 2.63. The van der Waals surface area contributed by atoms with Crippen LogP contribution in [-0.2, 0) is 37.0 Å². The Labute approximate surface area is 229 Å². The third-order valence-corrected chi connectivity index (χ3v) is 8.99. The Morgan fingerprint density at radius 1 is 0.974 bits per heavy atom. The SMILES string of the molecule is [B]Cc1c([B])c(C[B])c(C(=O)OC23CC4CC(C2)CC(C(=O)OCC(F)(F)S(=O)(=O)O)(C4)C3)c(C(=O)O)c1[B]. The van der Waals surface area contributed by atoms with Gasteiger partial charge in [0.2, 0.25) is 0 Å². The molecule has 16 heteroatoms. The summed E-state index contributed by atoms with van der Waals surface area (Å²) < 4.78 is 68.6. The molecule has 2 atom stereocenters. The molecular weight excluding hydrogens is 534 g/mol. The van der Waals surface area contributed by atoms with Crippen LogP contribution < -0.4 is 10.9 Å². The first-order valence-electron chi connectivity index (χ1n) is 12.1. The maximum atomic E-state index is 13.7. The number of halogens is 2. The highest BCUT2D eigenvalue weighted by Crippen LogP contribution is 2.63. The van der Waals surface area contributed by atoms with E-state index in [0.717, 1.165) is 0 Å². The van der Waals surface area contributed by atoms with Gasteiger partial charge in [-0.2, -0.15) is 17.2 Å². The van der Waals surface area contributed by atoms with Crippen molar-refractivity contribution in [2.45, 2.75) is 62.0 Å². The number of carboxylic acid groups (broad SMARTS) is 1. The summed E-state index contributed by atoms with van der Waals surface area (Å²) in [5.74, 6) is -3.98. The third kappa shape index (κ3) is 5.03. The maximum absolute atomic E-state index is 13.7. The molecule has 4 aliphatic carbocycles. The Balaban J connectivity index is 1.67. The fourth-order valence-corrected chi connectivity index (χ4v) is 7.15. The summed E-state index contributed by atoms with van der Waals surface area (Å²) in [5.41, 5.74) is -3.85. The predicted octanol–water partition coefficient (Wildman–Crippen LogP) is -0.171. The van der Waals surface area contributed by atoms with Crippen LogP contribution in [0.4, 0.5) is 8.78 Å². The zero-order chi connectivity index (χ0) is 29.1. The molecule has 39 heavy (non-hydrogen) atoms. The number of carbonyl (C=O) groups is 3. The van der Waals surface area contributed by atoms with Crippen LogP contribution in [-0.4, -0.2) is 84.8 Å². The quantitative estimate of drug-likeness (QED) is 0.241. The molecular formula is C23H22B4F2O9S. The average molecular weight is 556 g/mol. The number of rotatable bonds is 9. The zero-order valence-electron chi connectivity index (χ0n) is 20.7. The van der Waals surface area contributed by atoms with E-state index in [4.69, 9.17) is 40.7 Å². The molecule has 0 amide bonds. The normalized spacial score (nSPS) is 27.8. The van der Waals surface area contributed by atoms with Crippen LogP contribution >= 0.6 is 0 Å². The molecule has 9 nitrogen and oxygen atoms in total. The van der Waals surface area contributed by atoms with Crippen LogP contribution in [0.2, 0.25) is 0 Å². The van der Waals surface area contributed by atoms with Crippen molar-refractivity contribution in [3.63, 3.8) is 0 Å². The van der Waals surface area contributed by atoms with Crippen LogP contribution in [0.1, 0.15) is 70.4 Å². The van der Waals surface area contributed by atoms with E-state index in [1.807, 2.05) is 0 Å². The highest BCUT2D eigenvalue weighted by molar-refractivity contribution is 7.86. The Morgan fingerprint density at radius 2 is 1.54 bits per heavy atom. The summed E-state index contributed by atoms with van der Waals surface area (Å²) >= 11 is 0. The lowest BCUT2D eigenvalue weighted by Crippen LogP contribution is -2.60. The minimum atomic E-state index is -5.81. The van der Waals surface area contributed by atoms with Crippen molar-refractivity contribution in [1.82, 2.24) is 0 Å². The Kier molecular flexibility index (Phi) is 7.55. The molecule has 4 fully saturated rings. The van der Waals surface area contributed by atoms with Crippen LogP contribution in [0.15, 0.2) is 0 Å². The number of benzene rings is 1. The van der Waals surface area contributed by atoms with Gasteiger partial charge in [0.1, 0.15) is 21.3 Å². The fraction of sp³-hybridized carbons (Fsp3) is 0.609. The third-order valence-electron chi connectivity index (χ3n) is 8.12. The monoisotopic (exact) mass is 556 g/mol. The summed E-state index contributed by atoms with van der Waals surface area (Å²) in [5, 5.41) is 5.16. The van der Waals surface area contributed by atoms with Crippen LogP contribution in [0.3, 0.4) is 0 Å². The van der Waals surface area contributed by atoms with E-state index in [-0.39, 0.29) is 65.8 Å². The Morgan fingerprint density at radius 3 is 2.03 bits per heavy atom. The molecule has 0 aromatic heterocycles. The van der Waals surface area contributed by atoms with Gasteiger partial charge in [-0.25, -0.2) is 9.59 Å². The van der Waals surface area contributed by atoms with E-state index in [1.165, 1.54) is 0 Å². The number of ether oxygens (including phenoxy) is 2. The van der Waals surface area contributed by atoms with E-state index in [2.05, 4.69) is 4.74 Å². The van der Waals surface area contributed by atoms with Gasteiger partial charge in [0, 0.05) is 6.42 Å². The fourth-order valence-electron chi connectivity index (χ4n) is 6.94. The molecule has 1 aromatic carbocycles. The molecule has 0 spiro atoms. The van der Waals surface area contributed by atoms with Gasteiger partial charge in [-0.1, -0.05) is 29.1 Å². The first kappa shape index (κ1) is 29.6. The largest absolute Gasteiger partial charge is 0.478 e. The maximum Gasteiger partial charge on any atom is 0.402 e. The molecule has 0 saturated heterocycles. The predicted molar refractivity (Wildman–Crippen MR) is 136 cm³/mol. The molecule has 0 heterocycles. The van der Waals surface area contributed by atoms with Gasteiger partial charge in [-0.05, 0) is 49.5 Å². The minimum Gasteiger partial charge on any atom is -0.478 e. The molecule has 5 rings (SSSR count). The van der Waals surface area contributed by atoms with E-state index in [1.54, 1.807) is 0 Å². The molecule has 200 valence electrons. The van der Waals surface area contributed by atoms with Crippen LogP contribution in [0, 0.1) is 17.3 Å². The van der Waals surface area contributed by atoms with E-state index < -0.39 is 62.0 Å². The molecule has 4 aliphatic rings. The van der Waals surface area contributed by atoms with Crippen LogP contribution in [0.25, 0.3) is 0 Å². The number of aromatic carboxylic acids is 1. The Hall–Kier alpha value is -2.34. The number of hydrogen-bond acceptors (Lipinski definition) is 7. The first-order valence-corrected chi connectivity index (χ1v) is 13.6. The topological polar surface area (TPSA) is 144 Å². The second-order valence-electron chi connectivity index (χ2n) is 10.8. The first-order chi connectivity index (χ1) is 18.0. The average Bonchev–Trinajstić information content (AvgIpc) is 2.80. The smallest absolute Gasteiger partial charge is 0.402 e. The number of carboxylic acids is 1. The summed E-state index contributed by atoms with van der Waals surface area (Å²) in [6.07, 6.45) is 1.19. The second-order valence-corrected chi connectivity index (χ2v) is 12.3. The van der Waals surface area contributed by atoms with Gasteiger partial charge in [0.25, 0.3) is 0 Å². The minimum absolute atomic E-state index is 0.0154. The number of hydrogen-bond donors (Lipinski definition) is 2. The Bertz CT molecular complexity index is 1340. The standard InChI is InChI=1S/C23H22B4F2O9S/c24-6-12-14(15(18(30)31)17(27)13(7-25)16(12)26)19(32)38-22-4-10-1-11(5-22)3-21(2-10,8-22)20(33)37-9-23(28,29)39(34,35)36/h10-11H,1-9H2,(H,30,31)(H,34,35,36). The van der Waals surface area contributed by atoms with Gasteiger partial charge in [-0.3, -0.25) is 9.35 Å². The van der Waals surface area contributed by atoms with Gasteiger partial charge < -0.3 is 14.6 Å². The van der Waals surface area contributed by atoms with Crippen molar-refractivity contribution in [2.24, 2.45) is 17.3 Å². The highest BCUT2D eigenvalue weighted by atomic mass is 32.2. The van der Waals surface area contributed by atoms with Crippen molar-refractivity contribution in [1.29, 1.82) is 0 Å². The lowest BCUT2D eigenvalue weighted by molar-refractivity contribution is -0.200. The lowest BCUT2D eigenvalue weighted by Gasteiger charge is -2.59. The molecule has 4 saturated carbocycles. The molecule has 2 N–H and O–H groups in total. The summed E-state index contributed by atoms with van der Waals surface area (Å²) in [4.78, 5) is 38.8. The van der Waals surface area contributed by atoms with E-state index >= 15 is 0 Å². The van der Waals surface area contributed by atoms with Crippen molar-refractivity contribution in [2.75, 3.05) is 6.61 Å². The van der Waals surface area contributed by atoms with Crippen molar-refractivity contribution in [3.8, 4) is 0 Å². The van der Waals surface area contributed by atoms with E-state index in [0.29, 0.717) is 19.3 Å². The van der Waals surface area contributed by atoms with E-state index in [9.17, 15) is 36.7 Å². The molecule has 1 aromatic rings. The van der Waals surface area contributed by atoms with Gasteiger partial charge in [0.15, 0.2) is 6.61 Å². The van der Waals surface area contributed by atoms with Gasteiger partial charge in [0.05, 0.1) is 32.2 Å². The molecule has 4 bridgehead atoms. The van der Waals surface area contributed by atoms with Crippen molar-refractivity contribution < 1.29 is 50.7 Å².